The van der Waals surface area contributed by atoms with Gasteiger partial charge in [0, 0.05) is 18.1 Å². The van der Waals surface area contributed by atoms with Crippen molar-refractivity contribution in [3.63, 3.8) is 0 Å². The number of hydrogen-bond donors (Lipinski definition) is 1. The number of aromatic nitrogens is 1. The van der Waals surface area contributed by atoms with E-state index in [0.717, 1.165) is 22.8 Å². The number of rotatable bonds is 2. The van der Waals surface area contributed by atoms with Crippen LogP contribution >= 0.6 is 0 Å². The van der Waals surface area contributed by atoms with Crippen molar-refractivity contribution in [2.75, 3.05) is 0 Å². The van der Waals surface area contributed by atoms with E-state index < -0.39 is 0 Å². The molecule has 0 fully saturated rings. The maximum Gasteiger partial charge on any atom is 0.124 e. The van der Waals surface area contributed by atoms with E-state index in [4.69, 9.17) is 0 Å². The molecule has 0 aliphatic carbocycles. The van der Waals surface area contributed by atoms with Gasteiger partial charge in [0.2, 0.25) is 0 Å². The highest BCUT2D eigenvalue weighted by molar-refractivity contribution is 5.80. The van der Waals surface area contributed by atoms with Crippen molar-refractivity contribution >= 4 is 17.2 Å². The summed E-state index contributed by atoms with van der Waals surface area (Å²) in [5.41, 5.74) is 2.18. The molecule has 2 nitrogen and oxygen atoms in total. The molecule has 1 aromatic carbocycles. The first kappa shape index (κ1) is 7.10. The van der Waals surface area contributed by atoms with Crippen molar-refractivity contribution in [1.29, 1.82) is 0 Å². The van der Waals surface area contributed by atoms with Gasteiger partial charge in [-0.25, -0.2) is 0 Å². The van der Waals surface area contributed by atoms with Crippen LogP contribution in [0, 0.1) is 0 Å². The first-order chi connectivity index (χ1) is 5.90. The van der Waals surface area contributed by atoms with Crippen LogP contribution in [0.4, 0.5) is 0 Å². The highest BCUT2D eigenvalue weighted by Gasteiger charge is 1.95. The highest BCUT2D eigenvalue weighted by atomic mass is 16.1. The Hall–Kier alpha value is -1.57. The van der Waals surface area contributed by atoms with Gasteiger partial charge < -0.3 is 9.78 Å². The number of H-pyrrole nitrogens is 1. The monoisotopic (exact) mass is 159 g/mol. The number of aldehydes is 1. The molecule has 0 amide bonds. The van der Waals surface area contributed by atoms with E-state index in [9.17, 15) is 4.79 Å². The summed E-state index contributed by atoms with van der Waals surface area (Å²) >= 11 is 0. The molecule has 2 aromatic rings. The lowest BCUT2D eigenvalue weighted by molar-refractivity contribution is -0.107. The first-order valence-corrected chi connectivity index (χ1v) is 3.90. The van der Waals surface area contributed by atoms with Crippen molar-refractivity contribution in [3.8, 4) is 0 Å². The van der Waals surface area contributed by atoms with Crippen LogP contribution in [0.25, 0.3) is 10.9 Å². The van der Waals surface area contributed by atoms with Crippen LogP contribution in [0.15, 0.2) is 30.5 Å². The Morgan fingerprint density at radius 1 is 1.33 bits per heavy atom. The average Bonchev–Trinajstić information content (AvgIpc) is 2.51. The topological polar surface area (TPSA) is 32.9 Å². The minimum Gasteiger partial charge on any atom is -0.361 e. The lowest BCUT2D eigenvalue weighted by Gasteiger charge is -1.94. The van der Waals surface area contributed by atoms with E-state index in [1.807, 2.05) is 30.5 Å². The van der Waals surface area contributed by atoms with Crippen LogP contribution in [-0.4, -0.2) is 11.3 Å². The molecule has 0 aliphatic rings. The molecule has 60 valence electrons. The Morgan fingerprint density at radius 2 is 2.25 bits per heavy atom. The quantitative estimate of drug-likeness (QED) is 0.667. The fourth-order valence-corrected chi connectivity index (χ4v) is 1.33. The van der Waals surface area contributed by atoms with Crippen molar-refractivity contribution in [3.05, 3.63) is 36.0 Å². The summed E-state index contributed by atoms with van der Waals surface area (Å²) in [7, 11) is 0. The van der Waals surface area contributed by atoms with Crippen LogP contribution in [0.2, 0.25) is 0 Å². The zero-order valence-electron chi connectivity index (χ0n) is 6.58. The van der Waals surface area contributed by atoms with Crippen LogP contribution in [-0.2, 0) is 11.2 Å². The molecule has 0 aliphatic heterocycles. The van der Waals surface area contributed by atoms with Gasteiger partial charge in [0.05, 0.1) is 0 Å². The van der Waals surface area contributed by atoms with Crippen molar-refractivity contribution in [1.82, 2.24) is 4.98 Å². The Kier molecular flexibility index (Phi) is 1.67. The molecule has 12 heavy (non-hydrogen) atoms. The normalized spacial score (nSPS) is 10.3. The molecule has 0 saturated carbocycles. The summed E-state index contributed by atoms with van der Waals surface area (Å²) in [5, 5.41) is 1.16. The second-order valence-electron chi connectivity index (χ2n) is 2.77. The van der Waals surface area contributed by atoms with Gasteiger partial charge in [-0.15, -0.1) is 0 Å². The third kappa shape index (κ3) is 1.11. The van der Waals surface area contributed by atoms with Gasteiger partial charge in [-0.1, -0.05) is 6.07 Å². The van der Waals surface area contributed by atoms with Gasteiger partial charge in [0.25, 0.3) is 0 Å². The van der Waals surface area contributed by atoms with E-state index >= 15 is 0 Å². The number of aromatic amines is 1. The van der Waals surface area contributed by atoms with E-state index in [1.54, 1.807) is 0 Å². The lowest BCUT2D eigenvalue weighted by Crippen LogP contribution is -1.83. The van der Waals surface area contributed by atoms with E-state index in [1.165, 1.54) is 0 Å². The van der Waals surface area contributed by atoms with Gasteiger partial charge in [-0.05, 0) is 29.1 Å². The van der Waals surface area contributed by atoms with Crippen LogP contribution in [0.1, 0.15) is 5.56 Å². The predicted octanol–water partition coefficient (Wildman–Crippen LogP) is 1.91. The molecule has 0 atom stereocenters. The van der Waals surface area contributed by atoms with Gasteiger partial charge in [-0.3, -0.25) is 0 Å². The lowest BCUT2D eigenvalue weighted by atomic mass is 10.1. The van der Waals surface area contributed by atoms with E-state index in [0.29, 0.717) is 6.42 Å². The number of benzene rings is 1. The Balaban J connectivity index is 2.52. The molecular weight excluding hydrogens is 150 g/mol. The van der Waals surface area contributed by atoms with Crippen LogP contribution in [0.3, 0.4) is 0 Å². The Labute approximate surface area is 70.2 Å². The first-order valence-electron chi connectivity index (χ1n) is 3.90. The molecule has 2 heteroatoms. The van der Waals surface area contributed by atoms with E-state index in [-0.39, 0.29) is 0 Å². The van der Waals surface area contributed by atoms with Gasteiger partial charge >= 0.3 is 0 Å². The zero-order valence-corrected chi connectivity index (χ0v) is 6.58. The third-order valence-electron chi connectivity index (χ3n) is 1.94. The molecule has 1 aromatic heterocycles. The molecule has 0 unspecified atom stereocenters. The smallest absolute Gasteiger partial charge is 0.124 e. The van der Waals surface area contributed by atoms with Gasteiger partial charge in [0.15, 0.2) is 0 Å². The second-order valence-corrected chi connectivity index (χ2v) is 2.77. The summed E-state index contributed by atoms with van der Waals surface area (Å²) in [4.78, 5) is 13.3. The van der Waals surface area contributed by atoms with Crippen molar-refractivity contribution < 1.29 is 4.79 Å². The molecule has 0 saturated heterocycles. The van der Waals surface area contributed by atoms with Crippen LogP contribution in [0.5, 0.6) is 0 Å². The predicted molar refractivity (Wildman–Crippen MR) is 48.1 cm³/mol. The van der Waals surface area contributed by atoms with Crippen molar-refractivity contribution in [2.45, 2.75) is 6.42 Å². The summed E-state index contributed by atoms with van der Waals surface area (Å²) < 4.78 is 0. The number of carbonyl (C=O) groups is 1. The van der Waals surface area contributed by atoms with Gasteiger partial charge in [0.1, 0.15) is 6.29 Å². The number of fused-ring (bicyclic) bond motifs is 1. The molecule has 1 heterocycles. The molecular formula is C10H9NO. The standard InChI is InChI=1S/C10H9NO/c12-6-4-8-1-2-10-9(7-8)3-5-11-10/h1-3,5-7,11H,4H2. The summed E-state index contributed by atoms with van der Waals surface area (Å²) in [6.45, 7) is 0. The fourth-order valence-electron chi connectivity index (χ4n) is 1.33. The number of carbonyl (C=O) groups excluding carboxylic acids is 1. The maximum atomic E-state index is 10.2. The number of nitrogens with one attached hydrogen (secondary N) is 1. The van der Waals surface area contributed by atoms with E-state index in [2.05, 4.69) is 4.98 Å². The fraction of sp³-hybridized carbons (Fsp3) is 0.100. The molecule has 0 radical (unpaired) electrons. The molecule has 0 bridgehead atoms. The third-order valence-corrected chi connectivity index (χ3v) is 1.94. The van der Waals surface area contributed by atoms with Gasteiger partial charge in [-0.2, -0.15) is 0 Å². The minimum atomic E-state index is 0.501. The minimum absolute atomic E-state index is 0.501. The molecule has 1 N–H and O–H groups in total. The largest absolute Gasteiger partial charge is 0.361 e. The SMILES string of the molecule is O=CCc1ccc2[nH]ccc2c1. The summed E-state index contributed by atoms with van der Waals surface area (Å²) in [6.07, 6.45) is 3.32. The molecule has 2 rings (SSSR count). The second kappa shape index (κ2) is 2.81. The average molecular weight is 159 g/mol. The Bertz CT molecular complexity index is 403. The van der Waals surface area contributed by atoms with Crippen molar-refractivity contribution in [2.24, 2.45) is 0 Å². The maximum absolute atomic E-state index is 10.2. The highest BCUT2D eigenvalue weighted by Crippen LogP contribution is 2.13. The summed E-state index contributed by atoms with van der Waals surface area (Å²) in [5.74, 6) is 0. The van der Waals surface area contributed by atoms with Crippen LogP contribution < -0.4 is 0 Å². The number of hydrogen-bond acceptors (Lipinski definition) is 1. The Morgan fingerprint density at radius 3 is 3.08 bits per heavy atom. The zero-order chi connectivity index (χ0) is 8.39. The molecule has 0 spiro atoms. The summed E-state index contributed by atoms with van der Waals surface area (Å²) in [6, 6.07) is 7.99.